The van der Waals surface area contributed by atoms with Crippen LogP contribution < -0.4 is 5.09 Å². The van der Waals surface area contributed by atoms with Crippen LogP contribution in [0.2, 0.25) is 0 Å². The first kappa shape index (κ1) is 78.2. The summed E-state index contributed by atoms with van der Waals surface area (Å²) < 4.78 is 37.3. The molecule has 84 heavy (non-hydrogen) atoms. The molecule has 0 radical (unpaired) electrons. The smallest absolute Gasteiger partial charge is 0.405 e. The number of likely N-dealkylation sites (N-methyl/N-ethyl adjacent to an activating group) is 1. The quantitative estimate of drug-likeness (QED) is 0.0389. The van der Waals surface area contributed by atoms with Gasteiger partial charge in [0.1, 0.15) is 0 Å². The van der Waals surface area contributed by atoms with Crippen molar-refractivity contribution in [1.29, 1.82) is 0 Å². The van der Waals surface area contributed by atoms with Gasteiger partial charge in [0.25, 0.3) is 0 Å². The summed E-state index contributed by atoms with van der Waals surface area (Å²) >= 11 is 4.21. The van der Waals surface area contributed by atoms with Gasteiger partial charge in [0.05, 0.1) is 39.3 Å². The summed E-state index contributed by atoms with van der Waals surface area (Å²) in [6.07, 6.45) is 40.2. The number of ether oxygens (including phenoxy) is 2. The number of carbonyl (C=O) groups is 2. The van der Waals surface area contributed by atoms with E-state index >= 15 is 0 Å². The van der Waals surface area contributed by atoms with Gasteiger partial charge in [0.15, 0.2) is 0 Å². The van der Waals surface area contributed by atoms with Crippen LogP contribution in [-0.4, -0.2) is 92.5 Å². The molecule has 12 heteroatoms. The zero-order chi connectivity index (χ0) is 61.3. The van der Waals surface area contributed by atoms with Gasteiger partial charge in [-0.15, -0.1) is 0 Å². The number of hydrogen-bond donors (Lipinski definition) is 1. The topological polar surface area (TPSA) is 103 Å². The predicted molar refractivity (Wildman–Crippen MR) is 367 cm³/mol. The van der Waals surface area contributed by atoms with Crippen LogP contribution in [0.5, 0.6) is 0 Å². The lowest BCUT2D eigenvalue weighted by Crippen LogP contribution is -2.26. The number of carbonyl (C=O) groups excluding carboxylic acids is 2. The van der Waals surface area contributed by atoms with E-state index in [1.165, 1.54) is 189 Å². The Kier molecular flexibility index (Phi) is 48.4. The van der Waals surface area contributed by atoms with Crippen molar-refractivity contribution in [2.75, 3.05) is 65.1 Å². The van der Waals surface area contributed by atoms with Gasteiger partial charge >= 0.3 is 19.7 Å². The molecule has 2 aromatic carbocycles. The fraction of sp³-hybridized carbons (Fsp3) is 0.806. The first-order chi connectivity index (χ1) is 40.7. The highest BCUT2D eigenvalue weighted by atomic mass is 32.2. The number of unbranched alkanes of at least 4 members (excludes halogenated alkanes) is 22. The number of benzene rings is 2. The van der Waals surface area contributed by atoms with E-state index in [9.17, 15) is 14.2 Å². The van der Waals surface area contributed by atoms with Gasteiger partial charge < -0.3 is 14.4 Å². The van der Waals surface area contributed by atoms with E-state index in [0.29, 0.717) is 68.1 Å². The highest BCUT2D eigenvalue weighted by Gasteiger charge is 2.24. The molecule has 0 spiro atoms. The average Bonchev–Trinajstić information content (AvgIpc) is 3.68. The zero-order valence-electron chi connectivity index (χ0n) is 55.9. The van der Waals surface area contributed by atoms with Crippen molar-refractivity contribution in [1.82, 2.24) is 9.99 Å². The molecule has 1 N–H and O–H groups in total. The Morgan fingerprint density at radius 1 is 0.440 bits per heavy atom. The number of nitrogens with zero attached hydrogens (tertiary/aromatic N) is 1. The van der Waals surface area contributed by atoms with Gasteiger partial charge in [0, 0.05) is 23.6 Å². The number of nitrogens with one attached hydrogen (secondary N) is 1. The lowest BCUT2D eigenvalue weighted by Gasteiger charge is -2.20. The van der Waals surface area contributed by atoms with Gasteiger partial charge in [0.2, 0.25) is 0 Å². The second kappa shape index (κ2) is 52.0. The second-order valence-corrected chi connectivity index (χ2v) is 30.1. The molecule has 0 fully saturated rings. The standard InChI is InChI=1S/C72H129N2O7PS2/c1-11-13-15-17-20-26-32-40-70(84-58-38-54-79-72(76)60-64(8)68-49-45-66(46-50-68)62(5)6)42-34-28-22-24-30-36-56-81-82(77,73-51-52-74(9)10)80-55-35-29-23-19-21-27-33-41-69(39-31-25-18-16-14-12-2)83-57-37-53-78-71(75)59-63(7)67-47-43-65(44-48-67)61(3)4/h43-50,61-64,69-70H,11-42,51-60H2,1-10H3,(H,73,77). The average molecular weight is 1230 g/mol. The van der Waals surface area contributed by atoms with E-state index in [2.05, 4.69) is 137 Å². The SMILES string of the molecule is CCCCCCCCCC(CCCCCCCCOP(=O)(NCCN(C)C)OCCCCCCCCCC(CCCCCCCC)SCCCOC(=O)CC(C)c1ccc(C(C)C)cc1)SCCCOC(=O)CC(C)c1ccc(C(C)C)cc1. The Morgan fingerprint density at radius 2 is 0.750 bits per heavy atom. The molecule has 486 valence electrons. The Balaban J connectivity index is 1.65. The summed E-state index contributed by atoms with van der Waals surface area (Å²) in [7, 11) is 0.674. The molecule has 0 amide bonds. The molecular weight excluding hydrogens is 1100 g/mol. The number of thioether (sulfide) groups is 2. The summed E-state index contributed by atoms with van der Waals surface area (Å²) in [5.74, 6) is 3.24. The molecule has 0 heterocycles. The van der Waals surface area contributed by atoms with Crippen LogP contribution in [-0.2, 0) is 32.7 Å². The number of rotatable bonds is 58. The third-order valence-electron chi connectivity index (χ3n) is 16.6. The van der Waals surface area contributed by atoms with Gasteiger partial charge in [-0.05, 0) is 123 Å². The molecule has 5 unspecified atom stereocenters. The largest absolute Gasteiger partial charge is 0.466 e. The Hall–Kier alpha value is -1.85. The molecule has 0 aliphatic carbocycles. The maximum absolute atomic E-state index is 13.8. The first-order valence-electron chi connectivity index (χ1n) is 34.7. The Bertz CT molecular complexity index is 1900. The van der Waals surface area contributed by atoms with Crippen LogP contribution in [0.1, 0.15) is 320 Å². The van der Waals surface area contributed by atoms with Gasteiger partial charge in [-0.3, -0.25) is 18.6 Å². The van der Waals surface area contributed by atoms with E-state index in [-0.39, 0.29) is 23.8 Å². The molecule has 2 aromatic rings. The maximum Gasteiger partial charge on any atom is 0.405 e. The zero-order valence-corrected chi connectivity index (χ0v) is 58.4. The molecule has 0 aromatic heterocycles. The monoisotopic (exact) mass is 1230 g/mol. The van der Waals surface area contributed by atoms with Crippen LogP contribution >= 0.6 is 31.3 Å². The summed E-state index contributed by atoms with van der Waals surface area (Å²) in [6.45, 7) is 20.9. The summed E-state index contributed by atoms with van der Waals surface area (Å²) in [6, 6.07) is 17.4. The minimum absolute atomic E-state index is 0.0859. The van der Waals surface area contributed by atoms with E-state index < -0.39 is 7.75 Å². The minimum Gasteiger partial charge on any atom is -0.466 e. The third kappa shape index (κ3) is 42.1. The molecule has 0 saturated carbocycles. The highest BCUT2D eigenvalue weighted by Crippen LogP contribution is 2.44. The molecule has 9 nitrogen and oxygen atoms in total. The molecule has 2 rings (SSSR count). The van der Waals surface area contributed by atoms with Gasteiger partial charge in [-0.1, -0.05) is 258 Å². The fourth-order valence-corrected chi connectivity index (χ4v) is 14.8. The summed E-state index contributed by atoms with van der Waals surface area (Å²) in [5, 5.41) is 4.51. The minimum atomic E-state index is -3.37. The molecule has 5 atom stereocenters. The fourth-order valence-electron chi connectivity index (χ4n) is 10.8. The lowest BCUT2D eigenvalue weighted by molar-refractivity contribution is -0.144. The van der Waals surface area contributed by atoms with Crippen LogP contribution in [0.15, 0.2) is 48.5 Å². The van der Waals surface area contributed by atoms with Crippen molar-refractivity contribution < 1.29 is 32.7 Å². The van der Waals surface area contributed by atoms with Crippen LogP contribution in [0.25, 0.3) is 0 Å². The van der Waals surface area contributed by atoms with Crippen LogP contribution in [0.3, 0.4) is 0 Å². The number of hydrogen-bond acceptors (Lipinski definition) is 10. The Labute approximate surface area is 526 Å². The lowest BCUT2D eigenvalue weighted by atomic mass is 9.94. The second-order valence-electron chi connectivity index (χ2n) is 25.5. The summed E-state index contributed by atoms with van der Waals surface area (Å²) in [4.78, 5) is 27.5. The number of esters is 2. The van der Waals surface area contributed by atoms with Crippen LogP contribution in [0, 0.1) is 0 Å². The van der Waals surface area contributed by atoms with Crippen molar-refractivity contribution in [3.63, 3.8) is 0 Å². The Morgan fingerprint density at radius 3 is 1.07 bits per heavy atom. The first-order valence-corrected chi connectivity index (χ1v) is 38.3. The van der Waals surface area contributed by atoms with Crippen molar-refractivity contribution in [2.45, 2.75) is 308 Å². The normalized spacial score (nSPS) is 14.1. The maximum atomic E-state index is 13.8. The van der Waals surface area contributed by atoms with Crippen molar-refractivity contribution >= 4 is 43.2 Å². The van der Waals surface area contributed by atoms with E-state index in [0.717, 1.165) is 56.6 Å². The van der Waals surface area contributed by atoms with Crippen molar-refractivity contribution in [3.8, 4) is 0 Å². The summed E-state index contributed by atoms with van der Waals surface area (Å²) in [5.41, 5.74) is 5.06. The van der Waals surface area contributed by atoms with Gasteiger partial charge in [-0.2, -0.15) is 23.5 Å². The third-order valence-corrected chi connectivity index (χ3v) is 21.2. The van der Waals surface area contributed by atoms with E-state index in [4.69, 9.17) is 18.5 Å². The molecule has 0 aliphatic heterocycles. The van der Waals surface area contributed by atoms with Crippen LogP contribution in [0.4, 0.5) is 0 Å². The van der Waals surface area contributed by atoms with Crippen molar-refractivity contribution in [3.05, 3.63) is 70.8 Å². The predicted octanol–water partition coefficient (Wildman–Crippen LogP) is 21.7. The molecule has 0 bridgehead atoms. The highest BCUT2D eigenvalue weighted by molar-refractivity contribution is 8.00. The van der Waals surface area contributed by atoms with Gasteiger partial charge in [-0.25, -0.2) is 9.65 Å². The van der Waals surface area contributed by atoms with Crippen molar-refractivity contribution in [2.24, 2.45) is 0 Å². The molecular formula is C72H129N2O7PS2. The molecule has 0 aliphatic rings. The van der Waals surface area contributed by atoms with E-state index in [1.54, 1.807) is 0 Å². The van der Waals surface area contributed by atoms with E-state index in [1.807, 2.05) is 14.1 Å². The molecule has 0 saturated heterocycles.